The Morgan fingerprint density at radius 3 is 2.38 bits per heavy atom. The van der Waals surface area contributed by atoms with Gasteiger partial charge in [0.05, 0.1) is 37.6 Å². The van der Waals surface area contributed by atoms with Gasteiger partial charge >= 0.3 is 0 Å². The third-order valence-corrected chi connectivity index (χ3v) is 6.60. The molecule has 1 aliphatic rings. The van der Waals surface area contributed by atoms with E-state index in [2.05, 4.69) is 24.3 Å². The number of sulfonamides is 1. The lowest BCUT2D eigenvalue weighted by atomic mass is 10.1. The summed E-state index contributed by atoms with van der Waals surface area (Å²) < 4.78 is 26.9. The minimum atomic E-state index is -3.44. The number of piperazine rings is 1. The van der Waals surface area contributed by atoms with Gasteiger partial charge < -0.3 is 4.90 Å². The molecule has 0 radical (unpaired) electrons. The summed E-state index contributed by atoms with van der Waals surface area (Å²) in [5, 5.41) is 0.447. The lowest BCUT2D eigenvalue weighted by Crippen LogP contribution is -3.15. The Bertz CT molecular complexity index is 773. The molecule has 24 heavy (non-hydrogen) atoms. The highest BCUT2D eigenvalue weighted by molar-refractivity contribution is 7.89. The maximum absolute atomic E-state index is 12.7. The fourth-order valence-electron chi connectivity index (χ4n) is 3.04. The summed E-state index contributed by atoms with van der Waals surface area (Å²) in [4.78, 5) is 1.74. The molecule has 1 heterocycles. The monoisotopic (exact) mass is 365 g/mol. The third-order valence-electron chi connectivity index (χ3n) is 4.47. The maximum atomic E-state index is 12.7. The molecule has 0 atom stereocenters. The zero-order chi connectivity index (χ0) is 17.0. The average molecular weight is 366 g/mol. The lowest BCUT2D eigenvalue weighted by Gasteiger charge is -2.31. The first kappa shape index (κ1) is 17.4. The van der Waals surface area contributed by atoms with Gasteiger partial charge in [0.25, 0.3) is 0 Å². The minimum absolute atomic E-state index is 0.280. The number of nitrogens with one attached hydrogen (secondary N) is 1. The van der Waals surface area contributed by atoms with Crippen molar-refractivity contribution >= 4 is 21.6 Å². The van der Waals surface area contributed by atoms with Gasteiger partial charge in [-0.05, 0) is 23.8 Å². The van der Waals surface area contributed by atoms with Crippen LogP contribution in [-0.4, -0.2) is 45.4 Å². The van der Waals surface area contributed by atoms with Crippen molar-refractivity contribution < 1.29 is 13.3 Å². The molecule has 0 aliphatic carbocycles. The van der Waals surface area contributed by atoms with Crippen LogP contribution in [0.15, 0.2) is 59.5 Å². The second-order valence-corrected chi connectivity index (χ2v) is 8.47. The van der Waals surface area contributed by atoms with Gasteiger partial charge in [-0.25, -0.2) is 8.42 Å². The molecular weight excluding hydrogens is 344 g/mol. The predicted octanol–water partition coefficient (Wildman–Crippen LogP) is 1.47. The van der Waals surface area contributed by atoms with E-state index >= 15 is 0 Å². The molecule has 0 bridgehead atoms. The van der Waals surface area contributed by atoms with E-state index in [1.165, 1.54) is 16.5 Å². The normalized spacial score (nSPS) is 17.0. The topological polar surface area (TPSA) is 41.8 Å². The highest BCUT2D eigenvalue weighted by atomic mass is 35.5. The van der Waals surface area contributed by atoms with Crippen molar-refractivity contribution in [2.45, 2.75) is 11.3 Å². The number of quaternary nitrogens is 1. The molecule has 0 saturated carbocycles. The summed E-state index contributed by atoms with van der Waals surface area (Å²) >= 11 is 5.93. The number of benzene rings is 2. The van der Waals surface area contributed by atoms with Crippen LogP contribution < -0.4 is 4.90 Å². The second kappa shape index (κ2) is 7.66. The summed E-state index contributed by atoms with van der Waals surface area (Å²) in [7, 11) is -3.44. The van der Waals surface area contributed by atoms with Gasteiger partial charge in [0, 0.05) is 11.4 Å². The summed E-state index contributed by atoms with van der Waals surface area (Å²) in [6.07, 6.45) is 1.03. The van der Waals surface area contributed by atoms with E-state index in [1.807, 2.05) is 6.07 Å². The van der Waals surface area contributed by atoms with Crippen molar-refractivity contribution in [3.63, 3.8) is 0 Å². The van der Waals surface area contributed by atoms with E-state index in [9.17, 15) is 8.42 Å². The van der Waals surface area contributed by atoms with Gasteiger partial charge in [-0.3, -0.25) is 0 Å². The fourth-order valence-corrected chi connectivity index (χ4v) is 4.78. The fraction of sp³-hybridized carbons (Fsp3) is 0.333. The predicted molar refractivity (Wildman–Crippen MR) is 95.9 cm³/mol. The molecule has 1 fully saturated rings. The molecule has 0 spiro atoms. The second-order valence-electron chi connectivity index (χ2n) is 6.10. The van der Waals surface area contributed by atoms with Crippen LogP contribution in [0.3, 0.4) is 0 Å². The molecule has 1 N–H and O–H groups in total. The van der Waals surface area contributed by atoms with Gasteiger partial charge in [-0.2, -0.15) is 4.31 Å². The van der Waals surface area contributed by atoms with Crippen molar-refractivity contribution in [3.05, 3.63) is 65.2 Å². The molecule has 1 aliphatic heterocycles. The molecule has 2 aromatic carbocycles. The highest BCUT2D eigenvalue weighted by Gasteiger charge is 2.30. The minimum Gasteiger partial charge on any atom is -0.332 e. The van der Waals surface area contributed by atoms with Crippen molar-refractivity contribution in [2.24, 2.45) is 0 Å². The molecule has 128 valence electrons. The van der Waals surface area contributed by atoms with Gasteiger partial charge in [-0.15, -0.1) is 0 Å². The van der Waals surface area contributed by atoms with Crippen LogP contribution in [0.5, 0.6) is 0 Å². The molecule has 4 nitrogen and oxygen atoms in total. The van der Waals surface area contributed by atoms with Crippen LogP contribution >= 0.6 is 11.6 Å². The number of rotatable bonds is 5. The third kappa shape index (κ3) is 4.16. The lowest BCUT2D eigenvalue weighted by molar-refractivity contribution is -0.903. The molecule has 0 aromatic heterocycles. The van der Waals surface area contributed by atoms with Crippen molar-refractivity contribution in [2.75, 3.05) is 32.7 Å². The summed E-state index contributed by atoms with van der Waals surface area (Å²) in [6.45, 7) is 3.83. The molecular formula is C18H22ClN2O2S+. The van der Waals surface area contributed by atoms with Crippen LogP contribution in [0, 0.1) is 0 Å². The zero-order valence-corrected chi connectivity index (χ0v) is 15.1. The van der Waals surface area contributed by atoms with Crippen LogP contribution in [-0.2, 0) is 16.4 Å². The largest absolute Gasteiger partial charge is 0.332 e. The summed E-state index contributed by atoms with van der Waals surface area (Å²) in [5.41, 5.74) is 1.33. The first-order valence-corrected chi connectivity index (χ1v) is 10.0. The van der Waals surface area contributed by atoms with E-state index in [0.717, 1.165) is 26.1 Å². The summed E-state index contributed by atoms with van der Waals surface area (Å²) in [6, 6.07) is 16.9. The van der Waals surface area contributed by atoms with Crippen molar-refractivity contribution in [1.29, 1.82) is 0 Å². The van der Waals surface area contributed by atoms with Crippen LogP contribution in [0.1, 0.15) is 5.56 Å². The van der Waals surface area contributed by atoms with E-state index < -0.39 is 10.0 Å². The van der Waals surface area contributed by atoms with Crippen LogP contribution in [0.4, 0.5) is 0 Å². The van der Waals surface area contributed by atoms with Crippen molar-refractivity contribution in [1.82, 2.24) is 4.31 Å². The maximum Gasteiger partial charge on any atom is 0.243 e. The Kier molecular flexibility index (Phi) is 5.56. The van der Waals surface area contributed by atoms with E-state index in [-0.39, 0.29) is 4.90 Å². The first-order chi connectivity index (χ1) is 11.6. The van der Waals surface area contributed by atoms with Crippen LogP contribution in [0.25, 0.3) is 0 Å². The van der Waals surface area contributed by atoms with E-state index in [1.54, 1.807) is 22.5 Å². The molecule has 0 amide bonds. The molecule has 2 aromatic rings. The number of hydrogen-bond donors (Lipinski definition) is 1. The van der Waals surface area contributed by atoms with Crippen molar-refractivity contribution in [3.8, 4) is 0 Å². The van der Waals surface area contributed by atoms with E-state index in [0.29, 0.717) is 18.1 Å². The van der Waals surface area contributed by atoms with Gasteiger partial charge in [0.15, 0.2) is 0 Å². The SMILES string of the molecule is O=S(=O)(c1cccc(Cl)c1)N1CC[NH+](CCc2ccccc2)CC1. The van der Waals surface area contributed by atoms with Crippen LogP contribution in [0.2, 0.25) is 5.02 Å². The standard InChI is InChI=1S/C18H21ClN2O2S/c19-17-7-4-8-18(15-17)24(22,23)21-13-11-20(12-14-21)10-9-16-5-2-1-3-6-16/h1-8,15H,9-14H2/p+1. The molecule has 3 rings (SSSR count). The Balaban J connectivity index is 1.56. The summed E-state index contributed by atoms with van der Waals surface area (Å²) in [5.74, 6) is 0. The van der Waals surface area contributed by atoms with E-state index in [4.69, 9.17) is 11.6 Å². The average Bonchev–Trinajstić information content (AvgIpc) is 2.61. The smallest absolute Gasteiger partial charge is 0.243 e. The van der Waals surface area contributed by atoms with Gasteiger partial charge in [-0.1, -0.05) is 48.0 Å². The Labute approximate surface area is 148 Å². The molecule has 0 unspecified atom stereocenters. The molecule has 1 saturated heterocycles. The number of nitrogens with zero attached hydrogens (tertiary/aromatic N) is 1. The Morgan fingerprint density at radius 2 is 1.71 bits per heavy atom. The highest BCUT2D eigenvalue weighted by Crippen LogP contribution is 2.19. The first-order valence-electron chi connectivity index (χ1n) is 8.19. The zero-order valence-electron chi connectivity index (χ0n) is 13.5. The number of hydrogen-bond acceptors (Lipinski definition) is 2. The Morgan fingerprint density at radius 1 is 1.00 bits per heavy atom. The van der Waals surface area contributed by atoms with Gasteiger partial charge in [0.2, 0.25) is 10.0 Å². The quantitative estimate of drug-likeness (QED) is 0.871. The number of halogens is 1. The molecule has 6 heteroatoms. The van der Waals surface area contributed by atoms with Gasteiger partial charge in [0.1, 0.15) is 0 Å². The Hall–Kier alpha value is -1.40.